The van der Waals surface area contributed by atoms with Crippen LogP contribution in [0.3, 0.4) is 0 Å². The van der Waals surface area contributed by atoms with Gasteiger partial charge in [0.2, 0.25) is 11.8 Å². The third kappa shape index (κ3) is 3.00. The molecule has 0 amide bonds. The Balaban J connectivity index is 1.65. The summed E-state index contributed by atoms with van der Waals surface area (Å²) in [5.74, 6) is 2.23. The van der Waals surface area contributed by atoms with Crippen LogP contribution < -0.4 is 0 Å². The minimum absolute atomic E-state index is 0.189. The topological polar surface area (TPSA) is 56.3 Å². The fourth-order valence-electron chi connectivity index (χ4n) is 3.91. The first-order valence-electron chi connectivity index (χ1n) is 10.4. The van der Waals surface area contributed by atoms with Crippen LogP contribution in [0.15, 0.2) is 50.8 Å². The molecule has 0 fully saturated rings. The van der Waals surface area contributed by atoms with Gasteiger partial charge in [0.05, 0.1) is 23.2 Å². The summed E-state index contributed by atoms with van der Waals surface area (Å²) in [5.41, 5.74) is 3.42. The van der Waals surface area contributed by atoms with E-state index >= 15 is 0 Å². The Morgan fingerprint density at radius 3 is 1.55 bits per heavy atom. The van der Waals surface area contributed by atoms with E-state index in [0.717, 1.165) is 33.1 Å². The number of aliphatic imine (C=N–C) groups is 2. The summed E-state index contributed by atoms with van der Waals surface area (Å²) in [4.78, 5) is 9.59. The molecule has 3 heterocycles. The van der Waals surface area contributed by atoms with Crippen LogP contribution >= 0.6 is 0 Å². The van der Waals surface area contributed by atoms with Gasteiger partial charge < -0.3 is 13.9 Å². The first-order valence-corrected chi connectivity index (χ1v) is 10.4. The van der Waals surface area contributed by atoms with E-state index in [4.69, 9.17) is 23.9 Å². The van der Waals surface area contributed by atoms with Crippen LogP contribution in [0.2, 0.25) is 0 Å². The molecule has 0 saturated heterocycles. The summed E-state index contributed by atoms with van der Waals surface area (Å²) >= 11 is 0. The SMILES string of the molecule is CC(C)[C@H]1COC(c2cccc3c2oc2c(C4=N[C@@H](C(C)C)CO4)cccc23)=N1. The Labute approximate surface area is 170 Å². The van der Waals surface area contributed by atoms with Gasteiger partial charge in [0.25, 0.3) is 0 Å². The van der Waals surface area contributed by atoms with Crippen molar-refractivity contribution in [1.82, 2.24) is 0 Å². The lowest BCUT2D eigenvalue weighted by Gasteiger charge is -2.06. The van der Waals surface area contributed by atoms with E-state index in [0.29, 0.717) is 36.8 Å². The van der Waals surface area contributed by atoms with Crippen molar-refractivity contribution in [2.45, 2.75) is 39.8 Å². The first kappa shape index (κ1) is 18.2. The average molecular weight is 390 g/mol. The molecule has 150 valence electrons. The predicted octanol–water partition coefficient (Wildman–Crippen LogP) is 5.19. The third-order valence-corrected chi connectivity index (χ3v) is 5.87. The van der Waals surface area contributed by atoms with Gasteiger partial charge in [-0.3, -0.25) is 0 Å². The number of benzene rings is 2. The Bertz CT molecular complexity index is 1050. The molecule has 0 unspecified atom stereocenters. The number of rotatable bonds is 4. The molecule has 5 nitrogen and oxygen atoms in total. The molecule has 2 aliphatic heterocycles. The molecule has 0 saturated carbocycles. The Hall–Kier alpha value is -2.82. The second kappa shape index (κ2) is 6.90. The molecule has 29 heavy (non-hydrogen) atoms. The number of furan rings is 1. The van der Waals surface area contributed by atoms with E-state index in [9.17, 15) is 0 Å². The van der Waals surface area contributed by atoms with Gasteiger partial charge in [-0.2, -0.15) is 0 Å². The summed E-state index contributed by atoms with van der Waals surface area (Å²) in [6.45, 7) is 9.91. The highest BCUT2D eigenvalue weighted by Gasteiger charge is 2.28. The molecule has 5 rings (SSSR count). The fraction of sp³-hybridized carbons (Fsp3) is 0.417. The molecule has 5 heteroatoms. The van der Waals surface area contributed by atoms with Crippen molar-refractivity contribution in [2.75, 3.05) is 13.2 Å². The van der Waals surface area contributed by atoms with Gasteiger partial charge in [0.15, 0.2) is 0 Å². The lowest BCUT2D eigenvalue weighted by atomic mass is 10.1. The van der Waals surface area contributed by atoms with Gasteiger partial charge in [0.1, 0.15) is 24.4 Å². The van der Waals surface area contributed by atoms with Crippen molar-refractivity contribution < 1.29 is 13.9 Å². The standard InChI is InChI=1S/C24H26N2O3/c1-13(2)19-11-27-23(25-19)17-9-5-7-15-16-8-6-10-18(22(16)29-21(15)17)24-26-20(12-28-24)14(3)4/h5-10,13-14,19-20H,11-12H2,1-4H3/t19-,20-/m1/s1. The number of fused-ring (bicyclic) bond motifs is 3. The maximum Gasteiger partial charge on any atom is 0.220 e. The van der Waals surface area contributed by atoms with Crippen LogP contribution in [0.1, 0.15) is 38.8 Å². The quantitative estimate of drug-likeness (QED) is 0.616. The molecule has 1 aromatic heterocycles. The summed E-state index contributed by atoms with van der Waals surface area (Å²) in [6.07, 6.45) is 0. The largest absolute Gasteiger partial charge is 0.475 e. The zero-order valence-corrected chi connectivity index (χ0v) is 17.3. The monoisotopic (exact) mass is 390 g/mol. The number of nitrogens with zero attached hydrogens (tertiary/aromatic N) is 2. The second-order valence-electron chi connectivity index (χ2n) is 8.58. The average Bonchev–Trinajstić information content (AvgIpc) is 3.44. The number of hydrogen-bond donors (Lipinski definition) is 0. The summed E-state index contributed by atoms with van der Waals surface area (Å²) in [5, 5.41) is 2.11. The van der Waals surface area contributed by atoms with Gasteiger partial charge in [-0.15, -0.1) is 0 Å². The highest BCUT2D eigenvalue weighted by Crippen LogP contribution is 2.35. The van der Waals surface area contributed by atoms with E-state index in [2.05, 4.69) is 39.8 Å². The lowest BCUT2D eigenvalue weighted by molar-refractivity contribution is 0.292. The minimum atomic E-state index is 0.189. The van der Waals surface area contributed by atoms with E-state index in [-0.39, 0.29) is 12.1 Å². The molecule has 2 aliphatic rings. The van der Waals surface area contributed by atoms with Crippen LogP contribution in [-0.4, -0.2) is 37.1 Å². The zero-order valence-electron chi connectivity index (χ0n) is 17.3. The first-order chi connectivity index (χ1) is 14.0. The van der Waals surface area contributed by atoms with Gasteiger partial charge in [-0.05, 0) is 24.0 Å². The molecule has 0 N–H and O–H groups in total. The zero-order chi connectivity index (χ0) is 20.1. The van der Waals surface area contributed by atoms with Gasteiger partial charge >= 0.3 is 0 Å². The molecular weight excluding hydrogens is 364 g/mol. The van der Waals surface area contributed by atoms with Crippen molar-refractivity contribution in [2.24, 2.45) is 21.8 Å². The molecule has 0 spiro atoms. The van der Waals surface area contributed by atoms with E-state index < -0.39 is 0 Å². The summed E-state index contributed by atoms with van der Waals surface area (Å²) in [7, 11) is 0. The van der Waals surface area contributed by atoms with Crippen LogP contribution in [0.25, 0.3) is 21.9 Å². The van der Waals surface area contributed by atoms with Crippen molar-refractivity contribution in [3.05, 3.63) is 47.5 Å². The smallest absolute Gasteiger partial charge is 0.220 e. The van der Waals surface area contributed by atoms with Gasteiger partial charge in [0, 0.05) is 10.8 Å². The summed E-state index contributed by atoms with van der Waals surface area (Å²) < 4.78 is 18.3. The van der Waals surface area contributed by atoms with E-state index in [1.807, 2.05) is 24.3 Å². The predicted molar refractivity (Wildman–Crippen MR) is 116 cm³/mol. The Morgan fingerprint density at radius 2 is 1.17 bits per heavy atom. The molecular formula is C24H26N2O3. The minimum Gasteiger partial charge on any atom is -0.475 e. The number of ether oxygens (including phenoxy) is 2. The van der Waals surface area contributed by atoms with Gasteiger partial charge in [-0.1, -0.05) is 52.0 Å². The normalized spacial score (nSPS) is 21.7. The molecule has 0 radical (unpaired) electrons. The third-order valence-electron chi connectivity index (χ3n) is 5.87. The van der Waals surface area contributed by atoms with Crippen molar-refractivity contribution >= 4 is 33.7 Å². The molecule has 2 atom stereocenters. The van der Waals surface area contributed by atoms with E-state index in [1.165, 1.54) is 0 Å². The molecule has 0 aliphatic carbocycles. The van der Waals surface area contributed by atoms with Crippen molar-refractivity contribution in [1.29, 1.82) is 0 Å². The Kier molecular flexibility index (Phi) is 4.34. The molecule has 0 bridgehead atoms. The maximum absolute atomic E-state index is 6.41. The fourth-order valence-corrected chi connectivity index (χ4v) is 3.91. The highest BCUT2D eigenvalue weighted by molar-refractivity contribution is 6.17. The van der Waals surface area contributed by atoms with Crippen LogP contribution in [0.5, 0.6) is 0 Å². The molecule has 2 aromatic carbocycles. The second-order valence-corrected chi connectivity index (χ2v) is 8.58. The molecule has 3 aromatic rings. The lowest BCUT2D eigenvalue weighted by Crippen LogP contribution is -2.13. The van der Waals surface area contributed by atoms with Crippen molar-refractivity contribution in [3.63, 3.8) is 0 Å². The van der Waals surface area contributed by atoms with Crippen LogP contribution in [0.4, 0.5) is 0 Å². The summed E-state index contributed by atoms with van der Waals surface area (Å²) in [6, 6.07) is 12.6. The van der Waals surface area contributed by atoms with Crippen molar-refractivity contribution in [3.8, 4) is 0 Å². The van der Waals surface area contributed by atoms with Crippen LogP contribution in [0, 0.1) is 11.8 Å². The number of para-hydroxylation sites is 2. The van der Waals surface area contributed by atoms with E-state index in [1.54, 1.807) is 0 Å². The number of hydrogen-bond acceptors (Lipinski definition) is 5. The Morgan fingerprint density at radius 1 is 0.724 bits per heavy atom. The van der Waals surface area contributed by atoms with Gasteiger partial charge in [-0.25, -0.2) is 9.98 Å². The highest BCUT2D eigenvalue weighted by atomic mass is 16.5. The maximum atomic E-state index is 6.41. The van der Waals surface area contributed by atoms with Crippen LogP contribution in [-0.2, 0) is 9.47 Å².